The molecule has 490 valence electrons. The summed E-state index contributed by atoms with van der Waals surface area (Å²) in [6, 6.07) is 104. The monoisotopic (exact) mass is 1450 g/mol. The quantitative estimate of drug-likeness (QED) is 0.0391. The van der Waals surface area contributed by atoms with Gasteiger partial charge in [0.25, 0.3) is 0 Å². The van der Waals surface area contributed by atoms with Crippen LogP contribution in [-0.4, -0.2) is 94.4 Å². The summed E-state index contributed by atoms with van der Waals surface area (Å²) >= 11 is 0. The van der Waals surface area contributed by atoms with Gasteiger partial charge in [0.15, 0.2) is 17.4 Å². The van der Waals surface area contributed by atoms with Crippen LogP contribution in [0.3, 0.4) is 0 Å². The average molecular weight is 1450 g/mol. The Balaban J connectivity index is 1.12. The molecule has 0 saturated heterocycles. The van der Waals surface area contributed by atoms with Crippen molar-refractivity contribution in [1.29, 1.82) is 0 Å². The zero-order valence-corrected chi connectivity index (χ0v) is 68.0. The van der Waals surface area contributed by atoms with Gasteiger partial charge in [-0.3, -0.25) is 0 Å². The second-order valence-corrected chi connectivity index (χ2v) is 61.8. The molecular weight excluding hydrogens is 1360 g/mol. The molecule has 0 aliphatic carbocycles. The smallest absolute Gasteiger partial charge is 0.352 e. The standard InChI is InChI=1S/C74H90O10Si11/c1-14-86(3,4)76-88(6,67-49-29-17-30-50-67)78-90(8,69-53-33-19-34-54-69)80-92(10,71-57-37-21-38-58-71)82-94(12,73-61-41-23-42-62-73)84-95(13,74-63-43-24-44-64-74)83-93(11,72-59-39-22-40-60-72)81-91(9,70-55-35-20-36-56-70)79-89(7,68-51-31-18-32-52-68)77-87(5,66-47-27-16-28-48-66)75-85(2)65-45-25-15-26-46-65/h14-64,85H,1H2,2-13H3. The molecule has 0 N–H and O–H groups in total. The van der Waals surface area contributed by atoms with Gasteiger partial charge in [0.1, 0.15) is 0 Å². The van der Waals surface area contributed by atoms with E-state index < -0.39 is 94.4 Å². The first-order chi connectivity index (χ1) is 45.4. The normalized spacial score (nSPS) is 18.0. The summed E-state index contributed by atoms with van der Waals surface area (Å²) in [6.07, 6.45) is 0. The van der Waals surface area contributed by atoms with Crippen molar-refractivity contribution in [2.75, 3.05) is 0 Å². The van der Waals surface area contributed by atoms with Crippen molar-refractivity contribution in [3.63, 3.8) is 0 Å². The van der Waals surface area contributed by atoms with Crippen LogP contribution in [-0.2, 0) is 41.2 Å². The molecule has 10 aromatic rings. The third-order valence-electron chi connectivity index (χ3n) is 17.4. The lowest BCUT2D eigenvalue weighted by molar-refractivity contribution is 0.270. The summed E-state index contributed by atoms with van der Waals surface area (Å²) in [5, 5.41) is 9.66. The van der Waals surface area contributed by atoms with E-state index in [2.05, 4.69) is 328 Å². The van der Waals surface area contributed by atoms with E-state index in [1.807, 2.05) is 66.4 Å². The molecule has 10 atom stereocenters. The van der Waals surface area contributed by atoms with E-state index in [9.17, 15) is 0 Å². The molecule has 0 bridgehead atoms. The molecule has 0 saturated carbocycles. The largest absolute Gasteiger partial charge is 0.432 e. The van der Waals surface area contributed by atoms with Crippen LogP contribution in [0.25, 0.3) is 0 Å². The molecular formula is C74H90O10Si11. The highest BCUT2D eigenvalue weighted by Crippen LogP contribution is 2.33. The Morgan fingerprint density at radius 2 is 0.368 bits per heavy atom. The Labute approximate surface area is 577 Å². The van der Waals surface area contributed by atoms with Crippen molar-refractivity contribution in [1.82, 2.24) is 0 Å². The maximum atomic E-state index is 8.34. The maximum Gasteiger partial charge on any atom is 0.352 e. The van der Waals surface area contributed by atoms with Crippen LogP contribution >= 0.6 is 0 Å². The molecule has 0 fully saturated rings. The molecule has 0 aliphatic rings. The van der Waals surface area contributed by atoms with Crippen molar-refractivity contribution >= 4 is 146 Å². The highest BCUT2D eigenvalue weighted by Gasteiger charge is 2.61. The topological polar surface area (TPSA) is 92.3 Å². The highest BCUT2D eigenvalue weighted by molar-refractivity contribution is 7.06. The van der Waals surface area contributed by atoms with Gasteiger partial charge in [-0.15, -0.1) is 6.58 Å². The Morgan fingerprint density at radius 3 is 0.547 bits per heavy atom. The molecule has 0 spiro atoms. The minimum Gasteiger partial charge on any atom is -0.432 e. The zero-order chi connectivity index (χ0) is 67.5. The van der Waals surface area contributed by atoms with Gasteiger partial charge in [-0.2, -0.15) is 0 Å². The van der Waals surface area contributed by atoms with Crippen LogP contribution < -0.4 is 51.9 Å². The first-order valence-corrected chi connectivity index (χ1v) is 58.6. The van der Waals surface area contributed by atoms with E-state index in [0.717, 1.165) is 46.7 Å². The molecule has 0 heterocycles. The highest BCUT2D eigenvalue weighted by atomic mass is 28.5. The lowest BCUT2D eigenvalue weighted by Gasteiger charge is -2.48. The van der Waals surface area contributed by atoms with Crippen molar-refractivity contribution in [2.24, 2.45) is 0 Å². The van der Waals surface area contributed by atoms with Crippen molar-refractivity contribution in [3.8, 4) is 0 Å². The summed E-state index contributed by atoms with van der Waals surface area (Å²) in [7, 11) is -38.0. The van der Waals surface area contributed by atoms with Gasteiger partial charge in [-0.25, -0.2) is 0 Å². The number of hydrogen-bond donors (Lipinski definition) is 0. The first kappa shape index (κ1) is 71.7. The van der Waals surface area contributed by atoms with Gasteiger partial charge in [0.2, 0.25) is 0 Å². The Hall–Kier alpha value is -6.07. The average Bonchev–Trinajstić information content (AvgIpc) is 0.751. The lowest BCUT2D eigenvalue weighted by Crippen LogP contribution is -2.76. The maximum absolute atomic E-state index is 8.34. The predicted molar refractivity (Wildman–Crippen MR) is 417 cm³/mol. The molecule has 0 aliphatic heterocycles. The molecule has 0 amide bonds. The fourth-order valence-corrected chi connectivity index (χ4v) is 65.4. The van der Waals surface area contributed by atoms with Gasteiger partial charge >= 0.3 is 77.0 Å². The number of hydrogen-bond acceptors (Lipinski definition) is 10. The molecule has 10 aromatic carbocycles. The molecule has 10 nitrogen and oxygen atoms in total. The lowest BCUT2D eigenvalue weighted by atomic mass is 10.4. The van der Waals surface area contributed by atoms with E-state index in [-0.39, 0.29) is 0 Å². The van der Waals surface area contributed by atoms with Crippen LogP contribution in [0.4, 0.5) is 0 Å². The predicted octanol–water partition coefficient (Wildman–Crippen LogP) is 11.2. The van der Waals surface area contributed by atoms with Crippen LogP contribution in [0.2, 0.25) is 78.6 Å². The number of rotatable bonds is 31. The molecule has 10 rings (SSSR count). The van der Waals surface area contributed by atoms with Crippen molar-refractivity contribution in [2.45, 2.75) is 78.6 Å². The van der Waals surface area contributed by atoms with Crippen molar-refractivity contribution in [3.05, 3.63) is 316 Å². The fourth-order valence-electron chi connectivity index (χ4n) is 12.6. The molecule has 21 heteroatoms. The van der Waals surface area contributed by atoms with Crippen molar-refractivity contribution < 1.29 is 41.2 Å². The summed E-state index contributed by atoms with van der Waals surface area (Å²) < 4.78 is 80.3. The van der Waals surface area contributed by atoms with Crippen LogP contribution in [0, 0.1) is 0 Å². The second-order valence-electron chi connectivity index (χ2n) is 25.7. The first-order valence-electron chi connectivity index (χ1n) is 32.5. The molecule has 10 unspecified atom stereocenters. The Bertz CT molecular complexity index is 4040. The van der Waals surface area contributed by atoms with Crippen LogP contribution in [0.15, 0.2) is 316 Å². The van der Waals surface area contributed by atoms with Gasteiger partial charge in [-0.1, -0.05) is 309 Å². The van der Waals surface area contributed by atoms with Gasteiger partial charge in [0.05, 0.1) is 0 Å². The third kappa shape index (κ3) is 17.3. The van der Waals surface area contributed by atoms with E-state index in [1.54, 1.807) is 0 Å². The summed E-state index contributed by atoms with van der Waals surface area (Å²) in [5.74, 6) is 0. The van der Waals surface area contributed by atoms with E-state index in [4.69, 9.17) is 41.2 Å². The summed E-state index contributed by atoms with van der Waals surface area (Å²) in [5.41, 5.74) is 1.98. The summed E-state index contributed by atoms with van der Waals surface area (Å²) in [4.78, 5) is 0. The molecule has 95 heavy (non-hydrogen) atoms. The minimum atomic E-state index is -3.91. The molecule has 0 radical (unpaired) electrons. The fraction of sp³-hybridized carbons (Fsp3) is 0.162. The molecule has 0 aromatic heterocycles. The summed E-state index contributed by atoms with van der Waals surface area (Å²) in [6.45, 7) is 30.3. The zero-order valence-electron chi connectivity index (χ0n) is 56.8. The van der Waals surface area contributed by atoms with Gasteiger partial charge < -0.3 is 41.2 Å². The SMILES string of the molecule is C=C[Si](C)(C)O[Si](C)(O[Si](C)(O[Si](C)(O[Si](C)(O[Si](C)(O[Si](C)(O[Si](C)(O[Si](C)(O[Si](C)(O[SiH](C)c1ccccc1)c1ccccc1)c1ccccc1)c1ccccc1)c1ccccc1)c1ccccc1)c1ccccc1)c1ccccc1)c1ccccc1)c1ccccc1. The number of benzene rings is 10. The Kier molecular flexibility index (Phi) is 22.9. The van der Waals surface area contributed by atoms with E-state index >= 15 is 0 Å². The van der Waals surface area contributed by atoms with E-state index in [1.165, 1.54) is 5.19 Å². The van der Waals surface area contributed by atoms with Crippen LogP contribution in [0.5, 0.6) is 0 Å². The Morgan fingerprint density at radius 1 is 0.221 bits per heavy atom. The van der Waals surface area contributed by atoms with Gasteiger partial charge in [-0.05, 0) is 130 Å². The second kappa shape index (κ2) is 30.4. The van der Waals surface area contributed by atoms with E-state index in [0.29, 0.717) is 0 Å². The minimum absolute atomic E-state index is 0.900. The van der Waals surface area contributed by atoms with Gasteiger partial charge in [0, 0.05) is 0 Å². The van der Waals surface area contributed by atoms with Crippen LogP contribution in [0.1, 0.15) is 0 Å². The third-order valence-corrected chi connectivity index (χ3v) is 64.0.